The van der Waals surface area contributed by atoms with Crippen LogP contribution in [0.1, 0.15) is 11.1 Å². The molecule has 1 N–H and O–H groups in total. The van der Waals surface area contributed by atoms with Crippen LogP contribution in [0.3, 0.4) is 0 Å². The van der Waals surface area contributed by atoms with E-state index in [1.54, 1.807) is 32.0 Å². The number of rotatable bonds is 5. The maximum atomic E-state index is 12.1. The molecule has 8 nitrogen and oxygen atoms in total. The average Bonchev–Trinajstić information content (AvgIpc) is 2.61. The molecule has 3 rings (SSSR count). The predicted octanol–water partition coefficient (Wildman–Crippen LogP) is 3.34. The summed E-state index contributed by atoms with van der Waals surface area (Å²) >= 11 is 0. The summed E-state index contributed by atoms with van der Waals surface area (Å²) in [5.41, 5.74) is 1.32. The molecule has 0 bridgehead atoms. The van der Waals surface area contributed by atoms with Crippen LogP contribution in [-0.4, -0.2) is 17.4 Å². The first kappa shape index (κ1) is 18.1. The molecule has 0 unspecified atom stereocenters. The van der Waals surface area contributed by atoms with E-state index in [1.807, 2.05) is 0 Å². The summed E-state index contributed by atoms with van der Waals surface area (Å²) in [6, 6.07) is 10.8. The lowest BCUT2D eigenvalue weighted by atomic mass is 10.1. The monoisotopic (exact) mass is 368 g/mol. The van der Waals surface area contributed by atoms with E-state index in [1.165, 1.54) is 24.3 Å². The topological polar surface area (TPSA) is 112 Å². The van der Waals surface area contributed by atoms with Crippen LogP contribution in [0.4, 0.5) is 11.4 Å². The van der Waals surface area contributed by atoms with Crippen LogP contribution in [0, 0.1) is 24.0 Å². The summed E-state index contributed by atoms with van der Waals surface area (Å²) in [5, 5.41) is 14.3. The Labute approximate surface area is 153 Å². The van der Waals surface area contributed by atoms with Gasteiger partial charge in [-0.2, -0.15) is 0 Å². The van der Waals surface area contributed by atoms with Crippen LogP contribution >= 0.6 is 0 Å². The zero-order valence-corrected chi connectivity index (χ0v) is 14.6. The molecule has 1 amide bonds. The van der Waals surface area contributed by atoms with Gasteiger partial charge in [-0.1, -0.05) is 6.07 Å². The quantitative estimate of drug-likeness (QED) is 0.420. The van der Waals surface area contributed by atoms with Crippen molar-refractivity contribution in [2.24, 2.45) is 0 Å². The summed E-state index contributed by atoms with van der Waals surface area (Å²) in [6.07, 6.45) is 0. The Bertz CT molecular complexity index is 1100. The van der Waals surface area contributed by atoms with Gasteiger partial charge in [0.2, 0.25) is 0 Å². The molecule has 1 aromatic heterocycles. The standard InChI is InChI=1S/C19H16N2O6/c1-11-8-19(23)27-17-9-13(6-7-14(11)17)26-10-18(22)20-15-4-3-5-16(12(15)2)21(24)25/h3-9H,10H2,1-2H3,(H,20,22). The fourth-order valence-corrected chi connectivity index (χ4v) is 2.69. The smallest absolute Gasteiger partial charge is 0.336 e. The van der Waals surface area contributed by atoms with Crippen LogP contribution in [-0.2, 0) is 4.79 Å². The Kier molecular flexibility index (Phi) is 4.89. The van der Waals surface area contributed by atoms with Crippen molar-refractivity contribution in [3.63, 3.8) is 0 Å². The highest BCUT2D eigenvalue weighted by molar-refractivity contribution is 5.93. The Hall–Kier alpha value is -3.68. The van der Waals surface area contributed by atoms with Gasteiger partial charge in [0, 0.05) is 23.6 Å². The van der Waals surface area contributed by atoms with Crippen molar-refractivity contribution in [1.29, 1.82) is 0 Å². The van der Waals surface area contributed by atoms with Crippen LogP contribution in [0.2, 0.25) is 0 Å². The predicted molar refractivity (Wildman–Crippen MR) is 99.2 cm³/mol. The van der Waals surface area contributed by atoms with Gasteiger partial charge in [-0.05, 0) is 37.6 Å². The highest BCUT2D eigenvalue weighted by Crippen LogP contribution is 2.25. The lowest BCUT2D eigenvalue weighted by Crippen LogP contribution is -2.20. The van der Waals surface area contributed by atoms with Gasteiger partial charge in [-0.15, -0.1) is 0 Å². The van der Waals surface area contributed by atoms with Gasteiger partial charge in [-0.3, -0.25) is 14.9 Å². The molecule has 0 aliphatic rings. The molecule has 0 saturated heterocycles. The minimum atomic E-state index is -0.508. The Morgan fingerprint density at radius 3 is 2.74 bits per heavy atom. The first-order valence-corrected chi connectivity index (χ1v) is 8.06. The molecule has 2 aromatic carbocycles. The number of aryl methyl sites for hydroxylation is 1. The zero-order chi connectivity index (χ0) is 19.6. The normalized spacial score (nSPS) is 10.6. The maximum absolute atomic E-state index is 12.1. The van der Waals surface area contributed by atoms with E-state index in [9.17, 15) is 19.7 Å². The largest absolute Gasteiger partial charge is 0.484 e. The highest BCUT2D eigenvalue weighted by Gasteiger charge is 2.15. The number of hydrogen-bond acceptors (Lipinski definition) is 6. The number of nitrogens with zero attached hydrogens (tertiary/aromatic N) is 1. The average molecular weight is 368 g/mol. The number of amides is 1. The van der Waals surface area contributed by atoms with Gasteiger partial charge >= 0.3 is 5.63 Å². The van der Waals surface area contributed by atoms with Gasteiger partial charge in [0.15, 0.2) is 6.61 Å². The molecule has 0 atom stereocenters. The number of nitro benzene ring substituents is 1. The summed E-state index contributed by atoms with van der Waals surface area (Å²) in [7, 11) is 0. The SMILES string of the molecule is Cc1c(NC(=O)COc2ccc3c(C)cc(=O)oc3c2)cccc1[N+](=O)[O-]. The van der Waals surface area contributed by atoms with Crippen molar-refractivity contribution >= 4 is 28.3 Å². The number of ether oxygens (including phenoxy) is 1. The molecule has 0 saturated carbocycles. The maximum Gasteiger partial charge on any atom is 0.336 e. The molecule has 3 aromatic rings. The molecule has 0 fully saturated rings. The van der Waals surface area contributed by atoms with Crippen LogP contribution in [0.5, 0.6) is 5.75 Å². The van der Waals surface area contributed by atoms with Gasteiger partial charge < -0.3 is 14.5 Å². The number of anilines is 1. The van der Waals surface area contributed by atoms with Gasteiger partial charge in [0.05, 0.1) is 16.2 Å². The molecule has 0 spiro atoms. The zero-order valence-electron chi connectivity index (χ0n) is 14.6. The van der Waals surface area contributed by atoms with E-state index in [4.69, 9.17) is 9.15 Å². The van der Waals surface area contributed by atoms with Crippen molar-refractivity contribution in [3.8, 4) is 5.75 Å². The van der Waals surface area contributed by atoms with Crippen LogP contribution in [0.25, 0.3) is 11.0 Å². The van der Waals surface area contributed by atoms with E-state index < -0.39 is 16.5 Å². The highest BCUT2D eigenvalue weighted by atomic mass is 16.6. The Balaban J connectivity index is 1.71. The van der Waals surface area contributed by atoms with Gasteiger partial charge in [0.25, 0.3) is 11.6 Å². The lowest BCUT2D eigenvalue weighted by molar-refractivity contribution is -0.385. The molecule has 138 valence electrons. The van der Waals surface area contributed by atoms with Gasteiger partial charge in [-0.25, -0.2) is 4.79 Å². The third-order valence-electron chi connectivity index (χ3n) is 4.07. The number of nitrogens with one attached hydrogen (secondary N) is 1. The summed E-state index contributed by atoms with van der Waals surface area (Å²) < 4.78 is 10.6. The second-order valence-corrected chi connectivity index (χ2v) is 5.95. The van der Waals surface area contributed by atoms with Crippen molar-refractivity contribution in [2.75, 3.05) is 11.9 Å². The second-order valence-electron chi connectivity index (χ2n) is 5.95. The summed E-state index contributed by atoms with van der Waals surface area (Å²) in [4.78, 5) is 34.0. The molecular formula is C19H16N2O6. The summed E-state index contributed by atoms with van der Waals surface area (Å²) in [5.74, 6) is -0.105. The number of hydrogen-bond donors (Lipinski definition) is 1. The molecular weight excluding hydrogens is 352 g/mol. The van der Waals surface area contributed by atoms with E-state index in [0.29, 0.717) is 22.6 Å². The summed E-state index contributed by atoms with van der Waals surface area (Å²) in [6.45, 7) is 3.06. The first-order chi connectivity index (χ1) is 12.8. The number of nitro groups is 1. The fraction of sp³-hybridized carbons (Fsp3) is 0.158. The number of fused-ring (bicyclic) bond motifs is 1. The molecule has 0 aliphatic carbocycles. The fourth-order valence-electron chi connectivity index (χ4n) is 2.69. The van der Waals surface area contributed by atoms with E-state index in [0.717, 1.165) is 10.9 Å². The molecule has 27 heavy (non-hydrogen) atoms. The Morgan fingerprint density at radius 1 is 1.22 bits per heavy atom. The third-order valence-corrected chi connectivity index (χ3v) is 4.07. The molecule has 0 radical (unpaired) electrons. The van der Waals surface area contributed by atoms with Crippen molar-refractivity contribution in [1.82, 2.24) is 0 Å². The third kappa shape index (κ3) is 3.95. The van der Waals surface area contributed by atoms with Gasteiger partial charge in [0.1, 0.15) is 11.3 Å². The van der Waals surface area contributed by atoms with Crippen LogP contribution < -0.4 is 15.7 Å². The Morgan fingerprint density at radius 2 is 2.00 bits per heavy atom. The van der Waals surface area contributed by atoms with E-state index in [-0.39, 0.29) is 12.3 Å². The molecule has 1 heterocycles. The van der Waals surface area contributed by atoms with Crippen LogP contribution in [0.15, 0.2) is 51.7 Å². The number of benzene rings is 2. The molecule has 8 heteroatoms. The van der Waals surface area contributed by atoms with E-state index in [2.05, 4.69) is 5.32 Å². The van der Waals surface area contributed by atoms with Crippen molar-refractivity contribution in [2.45, 2.75) is 13.8 Å². The number of carbonyl (C=O) groups is 1. The van der Waals surface area contributed by atoms with Crippen molar-refractivity contribution < 1.29 is 18.9 Å². The minimum absolute atomic E-state index is 0.0753. The van der Waals surface area contributed by atoms with Crippen molar-refractivity contribution in [3.05, 3.63) is 74.1 Å². The van der Waals surface area contributed by atoms with E-state index >= 15 is 0 Å². The minimum Gasteiger partial charge on any atom is -0.484 e. The first-order valence-electron chi connectivity index (χ1n) is 8.06. The molecule has 0 aliphatic heterocycles. The second kappa shape index (κ2) is 7.28. The lowest BCUT2D eigenvalue weighted by Gasteiger charge is -2.10. The number of carbonyl (C=O) groups excluding carboxylic acids is 1.